The van der Waals surface area contributed by atoms with Gasteiger partial charge in [0.25, 0.3) is 5.91 Å². The third-order valence-corrected chi connectivity index (χ3v) is 3.55. The van der Waals surface area contributed by atoms with Crippen LogP contribution in [0.2, 0.25) is 0 Å². The molecule has 0 saturated heterocycles. The van der Waals surface area contributed by atoms with E-state index in [1.54, 1.807) is 31.2 Å². The molecule has 0 aromatic heterocycles. The number of carbonyl (C=O) groups is 1. The number of nitrogens with two attached hydrogens (primary N) is 1. The third kappa shape index (κ3) is 5.93. The molecule has 1 amide bonds. The van der Waals surface area contributed by atoms with Gasteiger partial charge in [0, 0.05) is 23.7 Å². The predicted octanol–water partition coefficient (Wildman–Crippen LogP) is 2.98. The molecule has 2 aromatic carbocycles. The molecule has 0 aliphatic heterocycles. The lowest BCUT2D eigenvalue weighted by Crippen LogP contribution is -2.29. The number of halogens is 1. The van der Waals surface area contributed by atoms with Crippen LogP contribution in [0.1, 0.15) is 35.2 Å². The Morgan fingerprint density at radius 1 is 1.17 bits per heavy atom. The Labute approximate surface area is 143 Å². The molecule has 2 unspecified atom stereocenters. The minimum Gasteiger partial charge on any atom is -0.399 e. The second-order valence-corrected chi connectivity index (χ2v) is 5.53. The molecular formula is C18H23ClN2O2. The molecule has 0 fully saturated rings. The zero-order valence-electron chi connectivity index (χ0n) is 13.1. The van der Waals surface area contributed by atoms with E-state index in [1.165, 1.54) is 0 Å². The maximum absolute atomic E-state index is 12.2. The van der Waals surface area contributed by atoms with E-state index in [1.807, 2.05) is 30.3 Å². The van der Waals surface area contributed by atoms with Crippen LogP contribution in [0, 0.1) is 0 Å². The van der Waals surface area contributed by atoms with Crippen LogP contribution in [0.4, 0.5) is 5.69 Å². The molecule has 124 valence electrons. The molecule has 0 saturated carbocycles. The lowest BCUT2D eigenvalue weighted by Gasteiger charge is -2.19. The fourth-order valence-electron chi connectivity index (χ4n) is 2.47. The van der Waals surface area contributed by atoms with Gasteiger partial charge in [0.15, 0.2) is 0 Å². The fraction of sp³-hybridized carbons (Fsp3) is 0.278. The van der Waals surface area contributed by atoms with Crippen molar-refractivity contribution < 1.29 is 9.90 Å². The lowest BCUT2D eigenvalue weighted by molar-refractivity contribution is 0.0945. The Kier molecular flexibility index (Phi) is 7.59. The first-order valence-corrected chi connectivity index (χ1v) is 7.43. The zero-order chi connectivity index (χ0) is 15.9. The topological polar surface area (TPSA) is 75.3 Å². The maximum atomic E-state index is 12.2. The first-order valence-electron chi connectivity index (χ1n) is 7.43. The summed E-state index contributed by atoms with van der Waals surface area (Å²) in [4.78, 5) is 12.2. The Bertz CT molecular complexity index is 617. The molecule has 5 heteroatoms. The summed E-state index contributed by atoms with van der Waals surface area (Å²) in [6.45, 7) is 2.23. The van der Waals surface area contributed by atoms with Crippen molar-refractivity contribution in [2.45, 2.75) is 25.4 Å². The normalized spacial score (nSPS) is 12.8. The number of carbonyl (C=O) groups excluding carboxylic acids is 1. The number of anilines is 1. The SMILES string of the molecule is CC(O)CC(CNC(=O)c1cccc(N)c1)c1ccccc1.Cl. The Balaban J connectivity index is 0.00000264. The van der Waals surface area contributed by atoms with E-state index >= 15 is 0 Å². The molecule has 2 rings (SSSR count). The molecule has 0 aliphatic carbocycles. The van der Waals surface area contributed by atoms with Gasteiger partial charge in [-0.25, -0.2) is 0 Å². The van der Waals surface area contributed by atoms with E-state index in [2.05, 4.69) is 5.32 Å². The van der Waals surface area contributed by atoms with Crippen LogP contribution in [-0.2, 0) is 0 Å². The van der Waals surface area contributed by atoms with Crippen molar-refractivity contribution in [2.75, 3.05) is 12.3 Å². The van der Waals surface area contributed by atoms with E-state index in [4.69, 9.17) is 5.73 Å². The van der Waals surface area contributed by atoms with Crippen LogP contribution in [0.15, 0.2) is 54.6 Å². The highest BCUT2D eigenvalue weighted by Gasteiger charge is 2.16. The van der Waals surface area contributed by atoms with Crippen LogP contribution in [0.5, 0.6) is 0 Å². The second kappa shape index (κ2) is 9.18. The van der Waals surface area contributed by atoms with E-state index < -0.39 is 6.10 Å². The molecule has 4 nitrogen and oxygen atoms in total. The molecule has 0 spiro atoms. The quantitative estimate of drug-likeness (QED) is 0.711. The van der Waals surface area contributed by atoms with Crippen molar-refractivity contribution in [1.82, 2.24) is 5.32 Å². The highest BCUT2D eigenvalue weighted by molar-refractivity contribution is 5.95. The number of amides is 1. The van der Waals surface area contributed by atoms with Gasteiger partial charge < -0.3 is 16.2 Å². The van der Waals surface area contributed by atoms with Gasteiger partial charge in [0.05, 0.1) is 6.10 Å². The number of aliphatic hydroxyl groups excluding tert-OH is 1. The number of nitrogen functional groups attached to an aromatic ring is 1. The van der Waals surface area contributed by atoms with Crippen molar-refractivity contribution >= 4 is 24.0 Å². The lowest BCUT2D eigenvalue weighted by atomic mass is 9.93. The van der Waals surface area contributed by atoms with Crippen LogP contribution in [-0.4, -0.2) is 23.7 Å². The Morgan fingerprint density at radius 2 is 1.87 bits per heavy atom. The molecule has 0 bridgehead atoms. The predicted molar refractivity (Wildman–Crippen MR) is 95.9 cm³/mol. The maximum Gasteiger partial charge on any atom is 0.251 e. The summed E-state index contributed by atoms with van der Waals surface area (Å²) >= 11 is 0. The first-order chi connectivity index (χ1) is 10.6. The number of aliphatic hydroxyl groups is 1. The summed E-state index contributed by atoms with van der Waals surface area (Å²) in [6, 6.07) is 16.8. The van der Waals surface area contributed by atoms with Crippen molar-refractivity contribution in [1.29, 1.82) is 0 Å². The van der Waals surface area contributed by atoms with E-state index in [-0.39, 0.29) is 24.2 Å². The molecule has 23 heavy (non-hydrogen) atoms. The monoisotopic (exact) mass is 334 g/mol. The molecule has 4 N–H and O–H groups in total. The smallest absolute Gasteiger partial charge is 0.251 e. The minimum absolute atomic E-state index is 0. The average Bonchev–Trinajstić information content (AvgIpc) is 2.51. The summed E-state index contributed by atoms with van der Waals surface area (Å²) in [7, 11) is 0. The molecular weight excluding hydrogens is 312 g/mol. The Morgan fingerprint density at radius 3 is 2.48 bits per heavy atom. The van der Waals surface area contributed by atoms with Gasteiger partial charge in [-0.15, -0.1) is 12.4 Å². The number of nitrogens with one attached hydrogen (secondary N) is 1. The van der Waals surface area contributed by atoms with Crippen molar-refractivity contribution in [3.8, 4) is 0 Å². The first kappa shape index (κ1) is 19.0. The molecule has 2 aromatic rings. The number of hydrogen-bond donors (Lipinski definition) is 3. The summed E-state index contributed by atoms with van der Waals surface area (Å²) in [5.41, 5.74) is 7.92. The van der Waals surface area contributed by atoms with Crippen molar-refractivity contribution in [3.05, 3.63) is 65.7 Å². The Hall–Kier alpha value is -2.04. The number of rotatable bonds is 6. The van der Waals surface area contributed by atoms with Crippen LogP contribution in [0.3, 0.4) is 0 Å². The molecule has 2 atom stereocenters. The largest absolute Gasteiger partial charge is 0.399 e. The van der Waals surface area contributed by atoms with Crippen LogP contribution >= 0.6 is 12.4 Å². The van der Waals surface area contributed by atoms with Gasteiger partial charge in [0.1, 0.15) is 0 Å². The third-order valence-electron chi connectivity index (χ3n) is 3.55. The highest BCUT2D eigenvalue weighted by atomic mass is 35.5. The van der Waals surface area contributed by atoms with Gasteiger partial charge in [-0.2, -0.15) is 0 Å². The van der Waals surface area contributed by atoms with E-state index in [9.17, 15) is 9.90 Å². The molecule has 0 radical (unpaired) electrons. The van der Waals surface area contributed by atoms with Crippen LogP contribution < -0.4 is 11.1 Å². The van der Waals surface area contributed by atoms with Crippen LogP contribution in [0.25, 0.3) is 0 Å². The minimum atomic E-state index is -0.422. The van der Waals surface area contributed by atoms with Crippen molar-refractivity contribution in [2.24, 2.45) is 0 Å². The summed E-state index contributed by atoms with van der Waals surface area (Å²) in [6.07, 6.45) is 0.177. The average molecular weight is 335 g/mol. The van der Waals surface area contributed by atoms with Gasteiger partial charge in [-0.3, -0.25) is 4.79 Å². The summed E-state index contributed by atoms with van der Waals surface area (Å²) in [5.74, 6) is -0.0787. The van der Waals surface area contributed by atoms with Crippen molar-refractivity contribution in [3.63, 3.8) is 0 Å². The molecule has 0 heterocycles. The highest BCUT2D eigenvalue weighted by Crippen LogP contribution is 2.20. The fourth-order valence-corrected chi connectivity index (χ4v) is 2.47. The second-order valence-electron chi connectivity index (χ2n) is 5.53. The van der Waals surface area contributed by atoms with Gasteiger partial charge >= 0.3 is 0 Å². The van der Waals surface area contributed by atoms with Gasteiger partial charge in [0.2, 0.25) is 0 Å². The van der Waals surface area contributed by atoms with E-state index in [0.29, 0.717) is 24.2 Å². The number of hydrogen-bond acceptors (Lipinski definition) is 3. The van der Waals surface area contributed by atoms with Gasteiger partial charge in [-0.05, 0) is 37.1 Å². The summed E-state index contributed by atoms with van der Waals surface area (Å²) < 4.78 is 0. The standard InChI is InChI=1S/C18H22N2O2.ClH/c1-13(21)10-16(14-6-3-2-4-7-14)12-20-18(22)15-8-5-9-17(19)11-15;/h2-9,11,13,16,21H,10,12,19H2,1H3,(H,20,22);1H. The zero-order valence-corrected chi connectivity index (χ0v) is 13.9. The van der Waals surface area contributed by atoms with E-state index in [0.717, 1.165) is 5.56 Å². The summed E-state index contributed by atoms with van der Waals surface area (Å²) in [5, 5.41) is 12.6. The van der Waals surface area contributed by atoms with Gasteiger partial charge in [-0.1, -0.05) is 36.4 Å². The number of benzene rings is 2. The molecule has 0 aliphatic rings.